The molecule has 0 N–H and O–H groups in total. The van der Waals surface area contributed by atoms with Gasteiger partial charge in [0.1, 0.15) is 11.2 Å². The summed E-state index contributed by atoms with van der Waals surface area (Å²) in [5, 5.41) is 5.65. The molecule has 9 aromatic rings. The Labute approximate surface area is 352 Å². The number of rotatable bonds is 14. The van der Waals surface area contributed by atoms with Gasteiger partial charge in [0.05, 0.1) is 16.1 Å². The monoisotopic (exact) mass is 796 g/mol. The van der Waals surface area contributed by atoms with Crippen LogP contribution in [0.1, 0.15) is 44.5 Å². The summed E-state index contributed by atoms with van der Waals surface area (Å²) in [4.78, 5) is 0. The molecular formula is C56H52OSi2. The van der Waals surface area contributed by atoms with Crippen molar-refractivity contribution in [1.82, 2.24) is 0 Å². The first-order valence-electron chi connectivity index (χ1n) is 21.2. The van der Waals surface area contributed by atoms with E-state index in [0.29, 0.717) is 0 Å². The molecule has 1 aromatic heterocycles. The average Bonchev–Trinajstić information content (AvgIpc) is 3.61. The highest BCUT2D eigenvalue weighted by Crippen LogP contribution is 2.34. The van der Waals surface area contributed by atoms with E-state index in [9.17, 15) is 0 Å². The number of benzene rings is 8. The van der Waals surface area contributed by atoms with E-state index in [-0.39, 0.29) is 0 Å². The van der Waals surface area contributed by atoms with Crippen molar-refractivity contribution in [2.75, 3.05) is 0 Å². The van der Waals surface area contributed by atoms with Gasteiger partial charge in [0.2, 0.25) is 0 Å². The van der Waals surface area contributed by atoms with Crippen molar-refractivity contribution >= 4 is 48.5 Å². The first kappa shape index (κ1) is 38.5. The summed E-state index contributed by atoms with van der Waals surface area (Å²) in [6.45, 7) is 4.44. The Morgan fingerprint density at radius 3 is 0.881 bits per heavy atom. The van der Waals surface area contributed by atoms with Crippen LogP contribution >= 0.6 is 0 Å². The second-order valence-corrected chi connectivity index (χ2v) is 25.3. The van der Waals surface area contributed by atoms with Crippen molar-refractivity contribution in [3.63, 3.8) is 0 Å². The van der Waals surface area contributed by atoms with Gasteiger partial charge in [-0.15, -0.1) is 0 Å². The first-order valence-corrected chi connectivity index (χ1v) is 26.4. The minimum atomic E-state index is -2.61. The fourth-order valence-corrected chi connectivity index (χ4v) is 21.6. The van der Waals surface area contributed by atoms with Crippen LogP contribution < -0.4 is 10.4 Å². The fraction of sp³-hybridized carbons (Fsp3) is 0.143. The minimum Gasteiger partial charge on any atom is -0.456 e. The van der Waals surface area contributed by atoms with Crippen molar-refractivity contribution in [1.29, 1.82) is 0 Å². The van der Waals surface area contributed by atoms with Crippen LogP contribution in [0, 0.1) is 13.8 Å². The van der Waals surface area contributed by atoms with E-state index in [0.717, 1.165) is 47.4 Å². The molecule has 3 heteroatoms. The summed E-state index contributed by atoms with van der Waals surface area (Å²) in [5.74, 6) is 0. The number of furan rings is 1. The van der Waals surface area contributed by atoms with Crippen molar-refractivity contribution in [3.8, 4) is 0 Å². The summed E-state index contributed by atoms with van der Waals surface area (Å²) in [6, 6.07) is 84.3. The number of hydrogen-bond donors (Lipinski definition) is 0. The van der Waals surface area contributed by atoms with E-state index >= 15 is 0 Å². The molecule has 0 bridgehead atoms. The van der Waals surface area contributed by atoms with Crippen LogP contribution in [-0.2, 0) is 36.3 Å². The van der Waals surface area contributed by atoms with Crippen LogP contribution in [0.25, 0.3) is 21.9 Å². The van der Waals surface area contributed by atoms with Crippen molar-refractivity contribution < 1.29 is 4.42 Å². The number of hydrogen-bond acceptors (Lipinski definition) is 1. The molecule has 0 amide bonds. The highest BCUT2D eigenvalue weighted by atomic mass is 28.3. The van der Waals surface area contributed by atoms with Crippen LogP contribution in [0.4, 0.5) is 0 Å². The summed E-state index contributed by atoms with van der Waals surface area (Å²) in [5.41, 5.74) is 13.0. The molecule has 0 aliphatic rings. The lowest BCUT2D eigenvalue weighted by Gasteiger charge is -2.41. The normalized spacial score (nSPS) is 12.0. The van der Waals surface area contributed by atoms with Crippen molar-refractivity contribution in [2.24, 2.45) is 0 Å². The van der Waals surface area contributed by atoms with Crippen LogP contribution in [0.5, 0.6) is 0 Å². The standard InChI is InChI=1S/C56H52OSi2/c1-43-33-51-52-35-55(58(37-45-21-9-3-10-22-45,38-46-23-11-4-12-24-46)39-47-25-13-5-14-26-47)56(36-54(52)57-53(51)34-44(43)2)59(40-48-27-15-6-16-28-48,41-49-29-17-7-18-30-49)42-50-31-19-8-20-32-50/h3-36H,37-42H2,1-2H3. The first-order chi connectivity index (χ1) is 29.0. The molecule has 0 spiro atoms. The molecule has 1 heterocycles. The Morgan fingerprint density at radius 2 is 0.559 bits per heavy atom. The van der Waals surface area contributed by atoms with E-state index < -0.39 is 16.1 Å². The van der Waals surface area contributed by atoms with Gasteiger partial charge >= 0.3 is 0 Å². The lowest BCUT2D eigenvalue weighted by molar-refractivity contribution is 0.668. The SMILES string of the molecule is Cc1cc2oc3cc([Si](Cc4ccccc4)(Cc4ccccc4)Cc4ccccc4)c([Si](Cc4ccccc4)(Cc4ccccc4)Cc4ccccc4)cc3c2cc1C. The molecule has 59 heavy (non-hydrogen) atoms. The van der Waals surface area contributed by atoms with Gasteiger partial charge in [0.15, 0.2) is 0 Å². The van der Waals surface area contributed by atoms with E-state index in [2.05, 4.69) is 220 Å². The Hall–Kier alpha value is -6.01. The van der Waals surface area contributed by atoms with Gasteiger partial charge in [-0.1, -0.05) is 232 Å². The molecule has 290 valence electrons. The third kappa shape index (κ3) is 8.45. The summed E-state index contributed by atoms with van der Waals surface area (Å²) >= 11 is 0. The smallest absolute Gasteiger partial charge is 0.135 e. The van der Waals surface area contributed by atoms with Crippen LogP contribution in [0.2, 0.25) is 0 Å². The molecule has 0 atom stereocenters. The predicted octanol–water partition coefficient (Wildman–Crippen LogP) is 12.2. The van der Waals surface area contributed by atoms with Gasteiger partial charge in [0.25, 0.3) is 0 Å². The lowest BCUT2D eigenvalue weighted by Crippen LogP contribution is -2.69. The molecule has 9 rings (SSSR count). The molecule has 0 aliphatic heterocycles. The Kier molecular flexibility index (Phi) is 11.1. The van der Waals surface area contributed by atoms with Gasteiger partial charge in [-0.3, -0.25) is 0 Å². The van der Waals surface area contributed by atoms with E-state index in [4.69, 9.17) is 4.42 Å². The maximum absolute atomic E-state index is 7.03. The van der Waals surface area contributed by atoms with Crippen molar-refractivity contribution in [2.45, 2.75) is 50.1 Å². The number of aryl methyl sites for hydroxylation is 2. The summed E-state index contributed by atoms with van der Waals surface area (Å²) in [6.07, 6.45) is 0. The molecule has 0 aliphatic carbocycles. The quantitative estimate of drug-likeness (QED) is 0.0999. The van der Waals surface area contributed by atoms with Gasteiger partial charge < -0.3 is 4.42 Å². The minimum absolute atomic E-state index is 0.981. The second-order valence-electron chi connectivity index (χ2n) is 17.0. The highest BCUT2D eigenvalue weighted by Gasteiger charge is 2.45. The second kappa shape index (κ2) is 17.1. The van der Waals surface area contributed by atoms with Crippen LogP contribution in [-0.4, -0.2) is 16.1 Å². The molecule has 1 nitrogen and oxygen atoms in total. The highest BCUT2D eigenvalue weighted by molar-refractivity contribution is 7.00. The molecule has 8 aromatic carbocycles. The van der Waals surface area contributed by atoms with E-state index in [1.807, 2.05) is 0 Å². The average molecular weight is 797 g/mol. The predicted molar refractivity (Wildman–Crippen MR) is 255 cm³/mol. The van der Waals surface area contributed by atoms with Gasteiger partial charge in [-0.2, -0.15) is 0 Å². The van der Waals surface area contributed by atoms with Gasteiger partial charge in [-0.05, 0) is 79.4 Å². The zero-order valence-corrected chi connectivity index (χ0v) is 36.3. The molecule has 0 saturated carbocycles. The number of fused-ring (bicyclic) bond motifs is 3. The van der Waals surface area contributed by atoms with Crippen LogP contribution in [0.3, 0.4) is 0 Å². The van der Waals surface area contributed by atoms with E-state index in [1.54, 1.807) is 10.4 Å². The Bertz CT molecular complexity index is 2560. The Morgan fingerprint density at radius 1 is 0.305 bits per heavy atom. The zero-order chi connectivity index (χ0) is 40.1. The Balaban J connectivity index is 1.43. The maximum atomic E-state index is 7.03. The van der Waals surface area contributed by atoms with Gasteiger partial charge in [-0.25, -0.2) is 0 Å². The topological polar surface area (TPSA) is 13.1 Å². The van der Waals surface area contributed by atoms with Gasteiger partial charge in [0, 0.05) is 10.8 Å². The molecule has 0 unspecified atom stereocenters. The van der Waals surface area contributed by atoms with Crippen LogP contribution in [0.15, 0.2) is 211 Å². The third-order valence-corrected chi connectivity index (χ3v) is 22.6. The third-order valence-electron chi connectivity index (χ3n) is 12.7. The molecule has 0 radical (unpaired) electrons. The summed E-state index contributed by atoms with van der Waals surface area (Å²) < 4.78 is 7.03. The molecular weight excluding hydrogens is 745 g/mol. The fourth-order valence-electron chi connectivity index (χ4n) is 9.82. The van der Waals surface area contributed by atoms with E-state index in [1.165, 1.54) is 55.3 Å². The molecule has 0 fully saturated rings. The van der Waals surface area contributed by atoms with Crippen molar-refractivity contribution in [3.05, 3.63) is 251 Å². The maximum Gasteiger partial charge on any atom is 0.135 e. The summed E-state index contributed by atoms with van der Waals surface area (Å²) in [7, 11) is -5.22. The molecule has 0 saturated heterocycles. The zero-order valence-electron chi connectivity index (χ0n) is 34.3. The largest absolute Gasteiger partial charge is 0.456 e. The lowest BCUT2D eigenvalue weighted by atomic mass is 10.1.